The quantitative estimate of drug-likeness (QED) is 0.548. The summed E-state index contributed by atoms with van der Waals surface area (Å²) >= 11 is 4.90. The maximum Gasteiger partial charge on any atom is 0.427 e. The lowest BCUT2D eigenvalue weighted by Gasteiger charge is -1.98. The van der Waals surface area contributed by atoms with E-state index >= 15 is 0 Å². The Kier molecular flexibility index (Phi) is 2.39. The Labute approximate surface area is 90.4 Å². The predicted molar refractivity (Wildman–Crippen MR) is 57.1 cm³/mol. The molecule has 2 aromatic rings. The third kappa shape index (κ3) is 1.57. The van der Waals surface area contributed by atoms with Crippen molar-refractivity contribution in [2.45, 2.75) is 0 Å². The van der Waals surface area contributed by atoms with Crippen molar-refractivity contribution in [2.24, 2.45) is 0 Å². The number of ether oxygens (including phenoxy) is 1. The van der Waals surface area contributed by atoms with Gasteiger partial charge in [-0.3, -0.25) is 0 Å². The van der Waals surface area contributed by atoms with E-state index in [0.717, 1.165) is 6.26 Å². The van der Waals surface area contributed by atoms with Crippen molar-refractivity contribution >= 4 is 29.4 Å². The van der Waals surface area contributed by atoms with Gasteiger partial charge in [-0.15, -0.1) is 0 Å². The van der Waals surface area contributed by atoms with Crippen LogP contribution in [0.4, 0.5) is 4.79 Å². The highest BCUT2D eigenvalue weighted by Crippen LogP contribution is 2.17. The Balaban J connectivity index is 2.69. The minimum Gasteiger partial charge on any atom is -0.429 e. The number of nitrogens with zero attached hydrogens (tertiary/aromatic N) is 1. The van der Waals surface area contributed by atoms with E-state index in [-0.39, 0.29) is 4.84 Å². The molecule has 2 rings (SSSR count). The van der Waals surface area contributed by atoms with Gasteiger partial charge in [-0.1, -0.05) is 18.7 Å². The van der Waals surface area contributed by atoms with Crippen LogP contribution in [0.2, 0.25) is 0 Å². The third-order valence-corrected chi connectivity index (χ3v) is 2.12. The normalized spacial score (nSPS) is 10.1. The average Bonchev–Trinajstić information content (AvgIpc) is 2.54. The number of rotatable bonds is 1. The van der Waals surface area contributed by atoms with Crippen molar-refractivity contribution in [1.29, 1.82) is 0 Å². The number of carbonyl (C=O) groups excluding carboxylic acids is 1. The van der Waals surface area contributed by atoms with Gasteiger partial charge in [-0.25, -0.2) is 9.36 Å². The molecule has 0 atom stereocenters. The number of aromatic nitrogens is 1. The zero-order chi connectivity index (χ0) is 10.8. The molecular weight excluding hydrogens is 214 g/mol. The van der Waals surface area contributed by atoms with Gasteiger partial charge < -0.3 is 9.15 Å². The molecule has 1 aromatic heterocycles. The first-order valence-corrected chi connectivity index (χ1v) is 4.57. The molecular formula is C10H7NO3S. The Hall–Kier alpha value is -1.88. The maximum atomic E-state index is 11.5. The van der Waals surface area contributed by atoms with Crippen LogP contribution in [0.5, 0.6) is 0 Å². The summed E-state index contributed by atoms with van der Waals surface area (Å²) in [7, 11) is 0. The molecule has 76 valence electrons. The summed E-state index contributed by atoms with van der Waals surface area (Å²) in [5, 5.41) is 0. The van der Waals surface area contributed by atoms with E-state index < -0.39 is 6.09 Å². The smallest absolute Gasteiger partial charge is 0.427 e. The highest BCUT2D eigenvalue weighted by Gasteiger charge is 2.13. The molecule has 0 spiro atoms. The zero-order valence-electron chi connectivity index (χ0n) is 7.67. The first-order valence-electron chi connectivity index (χ1n) is 4.16. The number of hydrogen-bond donors (Lipinski definition) is 0. The Morgan fingerprint density at radius 1 is 1.53 bits per heavy atom. The molecule has 5 heteroatoms. The van der Waals surface area contributed by atoms with Crippen LogP contribution in [-0.4, -0.2) is 10.7 Å². The molecule has 0 saturated carbocycles. The SMILES string of the molecule is C=COC(=O)n1c(=S)oc2ccccc21. The summed E-state index contributed by atoms with van der Waals surface area (Å²) in [4.78, 5) is 11.5. The average molecular weight is 221 g/mol. The molecule has 0 amide bonds. The third-order valence-electron chi connectivity index (χ3n) is 1.85. The van der Waals surface area contributed by atoms with Crippen LogP contribution in [-0.2, 0) is 4.74 Å². The zero-order valence-corrected chi connectivity index (χ0v) is 8.49. The van der Waals surface area contributed by atoms with E-state index in [0.29, 0.717) is 11.1 Å². The summed E-state index contributed by atoms with van der Waals surface area (Å²) in [6, 6.07) is 7.02. The molecule has 0 N–H and O–H groups in total. The summed E-state index contributed by atoms with van der Waals surface area (Å²) in [5.74, 6) is 0. The van der Waals surface area contributed by atoms with Gasteiger partial charge in [-0.2, -0.15) is 0 Å². The second kappa shape index (κ2) is 3.70. The van der Waals surface area contributed by atoms with Gasteiger partial charge in [0.25, 0.3) is 4.84 Å². The van der Waals surface area contributed by atoms with Crippen LogP contribution < -0.4 is 0 Å². The van der Waals surface area contributed by atoms with Gasteiger partial charge in [0.05, 0.1) is 11.8 Å². The highest BCUT2D eigenvalue weighted by molar-refractivity contribution is 7.71. The van der Waals surface area contributed by atoms with Gasteiger partial charge in [0.1, 0.15) is 0 Å². The lowest BCUT2D eigenvalue weighted by atomic mass is 10.3. The predicted octanol–water partition coefficient (Wildman–Crippen LogP) is 3.09. The van der Waals surface area contributed by atoms with Crippen LogP contribution in [0.25, 0.3) is 11.1 Å². The molecule has 0 fully saturated rings. The largest absolute Gasteiger partial charge is 0.429 e. The van der Waals surface area contributed by atoms with E-state index in [4.69, 9.17) is 16.6 Å². The minimum atomic E-state index is -0.625. The molecule has 0 radical (unpaired) electrons. The number of fused-ring (bicyclic) bond motifs is 1. The molecule has 1 heterocycles. The highest BCUT2D eigenvalue weighted by atomic mass is 32.1. The monoisotopic (exact) mass is 221 g/mol. The van der Waals surface area contributed by atoms with Gasteiger partial charge in [0.2, 0.25) is 0 Å². The lowest BCUT2D eigenvalue weighted by Crippen LogP contribution is -2.10. The second-order valence-corrected chi connectivity index (χ2v) is 3.07. The van der Waals surface area contributed by atoms with E-state index in [1.54, 1.807) is 24.3 Å². The fraction of sp³-hybridized carbons (Fsp3) is 0. The number of carbonyl (C=O) groups is 1. The fourth-order valence-corrected chi connectivity index (χ4v) is 1.53. The number of benzene rings is 1. The van der Waals surface area contributed by atoms with Crippen LogP contribution in [0, 0.1) is 4.84 Å². The van der Waals surface area contributed by atoms with Crippen molar-refractivity contribution in [3.8, 4) is 0 Å². The summed E-state index contributed by atoms with van der Waals surface area (Å²) < 4.78 is 11.0. The Morgan fingerprint density at radius 2 is 2.27 bits per heavy atom. The van der Waals surface area contributed by atoms with Gasteiger partial charge in [0, 0.05) is 0 Å². The van der Waals surface area contributed by atoms with Crippen LogP contribution in [0.15, 0.2) is 41.5 Å². The van der Waals surface area contributed by atoms with Gasteiger partial charge in [0.15, 0.2) is 5.58 Å². The van der Waals surface area contributed by atoms with Crippen molar-refractivity contribution in [3.63, 3.8) is 0 Å². The molecule has 0 aliphatic rings. The van der Waals surface area contributed by atoms with Gasteiger partial charge in [-0.05, 0) is 24.4 Å². The molecule has 1 aromatic carbocycles. The maximum absolute atomic E-state index is 11.5. The standard InChI is InChI=1S/C10H7NO3S/c1-2-13-9(12)11-7-5-3-4-6-8(7)14-10(11)15/h2-6H,1H2. The lowest BCUT2D eigenvalue weighted by molar-refractivity contribution is 0.187. The Morgan fingerprint density at radius 3 is 3.00 bits per heavy atom. The first kappa shape index (κ1) is 9.67. The molecule has 0 unspecified atom stereocenters. The van der Waals surface area contributed by atoms with E-state index in [1.165, 1.54) is 4.57 Å². The molecule has 0 aliphatic heterocycles. The summed E-state index contributed by atoms with van der Waals surface area (Å²) in [6.07, 6.45) is 0.422. The molecule has 4 nitrogen and oxygen atoms in total. The van der Waals surface area contributed by atoms with Crippen LogP contribution >= 0.6 is 12.2 Å². The molecule has 0 aliphatic carbocycles. The van der Waals surface area contributed by atoms with E-state index in [9.17, 15) is 4.79 Å². The second-order valence-electron chi connectivity index (χ2n) is 2.72. The topological polar surface area (TPSA) is 44.4 Å². The number of oxazole rings is 1. The van der Waals surface area contributed by atoms with E-state index in [1.807, 2.05) is 0 Å². The molecule has 0 saturated heterocycles. The number of para-hydroxylation sites is 2. The van der Waals surface area contributed by atoms with Crippen molar-refractivity contribution < 1.29 is 13.9 Å². The van der Waals surface area contributed by atoms with Crippen LogP contribution in [0.1, 0.15) is 0 Å². The fourth-order valence-electron chi connectivity index (χ4n) is 1.26. The molecule has 15 heavy (non-hydrogen) atoms. The minimum absolute atomic E-state index is 0.0584. The van der Waals surface area contributed by atoms with Crippen molar-refractivity contribution in [2.75, 3.05) is 0 Å². The molecule has 0 bridgehead atoms. The summed E-state index contributed by atoms with van der Waals surface area (Å²) in [6.45, 7) is 3.30. The Bertz CT molecular complexity index is 582. The van der Waals surface area contributed by atoms with Crippen molar-refractivity contribution in [3.05, 3.63) is 41.9 Å². The number of hydrogen-bond acceptors (Lipinski definition) is 4. The van der Waals surface area contributed by atoms with E-state index in [2.05, 4.69) is 11.3 Å². The van der Waals surface area contributed by atoms with Crippen molar-refractivity contribution in [1.82, 2.24) is 4.57 Å². The van der Waals surface area contributed by atoms with Crippen LogP contribution in [0.3, 0.4) is 0 Å². The summed E-state index contributed by atoms with van der Waals surface area (Å²) in [5.41, 5.74) is 1.12. The van der Waals surface area contributed by atoms with Gasteiger partial charge >= 0.3 is 6.09 Å². The first-order chi connectivity index (χ1) is 7.24.